The molecule has 0 saturated heterocycles. The Kier molecular flexibility index (Phi) is 3.15. The fourth-order valence-corrected chi connectivity index (χ4v) is 2.29. The van der Waals surface area contributed by atoms with E-state index in [0.29, 0.717) is 0 Å². The summed E-state index contributed by atoms with van der Waals surface area (Å²) in [4.78, 5) is 0. The highest BCUT2D eigenvalue weighted by Gasteiger charge is 2.06. The number of rotatable bonds is 1. The predicted molar refractivity (Wildman–Crippen MR) is 73.8 cm³/mol. The molecule has 0 spiro atoms. The Labute approximate surface area is 105 Å². The summed E-state index contributed by atoms with van der Waals surface area (Å²) < 4.78 is 1.13. The molecular formula is C15H15Br. The topological polar surface area (TPSA) is 0 Å². The standard InChI is InChI=1S/C15H15Br/c1-10-5-4-6-14(12(10)3)15-9-13(16)8-7-11(15)2/h4-9H,1-3H3. The summed E-state index contributed by atoms with van der Waals surface area (Å²) in [5.74, 6) is 0. The molecular weight excluding hydrogens is 260 g/mol. The van der Waals surface area contributed by atoms with Crippen molar-refractivity contribution in [1.82, 2.24) is 0 Å². The van der Waals surface area contributed by atoms with Gasteiger partial charge < -0.3 is 0 Å². The zero-order valence-corrected chi connectivity index (χ0v) is 11.4. The molecule has 0 radical (unpaired) electrons. The number of aryl methyl sites for hydroxylation is 2. The zero-order valence-electron chi connectivity index (χ0n) is 9.84. The van der Waals surface area contributed by atoms with Gasteiger partial charge in [-0.3, -0.25) is 0 Å². The first-order valence-corrected chi connectivity index (χ1v) is 6.21. The van der Waals surface area contributed by atoms with Gasteiger partial charge in [0.1, 0.15) is 0 Å². The van der Waals surface area contributed by atoms with Crippen molar-refractivity contribution < 1.29 is 0 Å². The molecule has 0 aliphatic carbocycles. The van der Waals surface area contributed by atoms with Crippen molar-refractivity contribution in [1.29, 1.82) is 0 Å². The number of hydrogen-bond acceptors (Lipinski definition) is 0. The molecule has 82 valence electrons. The van der Waals surface area contributed by atoms with Gasteiger partial charge in [-0.1, -0.05) is 40.2 Å². The third-order valence-electron chi connectivity index (χ3n) is 3.09. The van der Waals surface area contributed by atoms with Crippen LogP contribution in [-0.4, -0.2) is 0 Å². The maximum Gasteiger partial charge on any atom is 0.0181 e. The van der Waals surface area contributed by atoms with Gasteiger partial charge in [0.05, 0.1) is 0 Å². The molecule has 0 aliphatic rings. The molecule has 2 aromatic rings. The molecule has 0 aliphatic heterocycles. The van der Waals surface area contributed by atoms with Crippen LogP contribution < -0.4 is 0 Å². The van der Waals surface area contributed by atoms with Crippen molar-refractivity contribution in [3.8, 4) is 11.1 Å². The molecule has 0 heterocycles. The largest absolute Gasteiger partial charge is 0.0614 e. The second-order valence-corrected chi connectivity index (χ2v) is 5.12. The highest BCUT2D eigenvalue weighted by atomic mass is 79.9. The lowest BCUT2D eigenvalue weighted by molar-refractivity contribution is 1.33. The summed E-state index contributed by atoms with van der Waals surface area (Å²) in [7, 11) is 0. The van der Waals surface area contributed by atoms with Gasteiger partial charge in [-0.15, -0.1) is 0 Å². The Morgan fingerprint density at radius 3 is 2.31 bits per heavy atom. The molecule has 0 atom stereocenters. The Morgan fingerprint density at radius 1 is 0.812 bits per heavy atom. The maximum atomic E-state index is 3.54. The van der Waals surface area contributed by atoms with E-state index in [9.17, 15) is 0 Å². The SMILES string of the molecule is Cc1ccc(Br)cc1-c1cccc(C)c1C. The molecule has 0 nitrogen and oxygen atoms in total. The first-order valence-electron chi connectivity index (χ1n) is 5.42. The normalized spacial score (nSPS) is 10.5. The Balaban J connectivity index is 2.67. The van der Waals surface area contributed by atoms with E-state index >= 15 is 0 Å². The molecule has 0 unspecified atom stereocenters. The average Bonchev–Trinajstić information content (AvgIpc) is 2.26. The molecule has 1 heteroatoms. The van der Waals surface area contributed by atoms with Gasteiger partial charge in [0, 0.05) is 4.47 Å². The first-order chi connectivity index (χ1) is 7.59. The van der Waals surface area contributed by atoms with Gasteiger partial charge in [0.2, 0.25) is 0 Å². The first kappa shape index (κ1) is 11.4. The summed E-state index contributed by atoms with van der Waals surface area (Å²) in [5, 5.41) is 0. The Hall–Kier alpha value is -1.08. The number of halogens is 1. The van der Waals surface area contributed by atoms with Gasteiger partial charge >= 0.3 is 0 Å². The van der Waals surface area contributed by atoms with Crippen LogP contribution in [0, 0.1) is 20.8 Å². The molecule has 0 aromatic heterocycles. The second-order valence-electron chi connectivity index (χ2n) is 4.21. The van der Waals surface area contributed by atoms with Crippen molar-refractivity contribution in [3.63, 3.8) is 0 Å². The van der Waals surface area contributed by atoms with E-state index < -0.39 is 0 Å². The van der Waals surface area contributed by atoms with Gasteiger partial charge in [-0.25, -0.2) is 0 Å². The lowest BCUT2D eigenvalue weighted by Crippen LogP contribution is -1.89. The van der Waals surface area contributed by atoms with E-state index in [1.54, 1.807) is 0 Å². The highest BCUT2D eigenvalue weighted by molar-refractivity contribution is 9.10. The van der Waals surface area contributed by atoms with Crippen LogP contribution in [0.25, 0.3) is 11.1 Å². The smallest absolute Gasteiger partial charge is 0.0181 e. The third kappa shape index (κ3) is 2.05. The lowest BCUT2D eigenvalue weighted by Gasteiger charge is -2.11. The monoisotopic (exact) mass is 274 g/mol. The lowest BCUT2D eigenvalue weighted by atomic mass is 9.94. The van der Waals surface area contributed by atoms with Crippen molar-refractivity contribution >= 4 is 15.9 Å². The zero-order chi connectivity index (χ0) is 11.7. The molecule has 0 amide bonds. The van der Waals surface area contributed by atoms with E-state index in [0.717, 1.165) is 4.47 Å². The molecule has 2 rings (SSSR count). The fourth-order valence-electron chi connectivity index (χ4n) is 1.93. The number of hydrogen-bond donors (Lipinski definition) is 0. The molecule has 2 aromatic carbocycles. The van der Waals surface area contributed by atoms with Crippen LogP contribution in [0.5, 0.6) is 0 Å². The number of benzene rings is 2. The van der Waals surface area contributed by atoms with E-state index in [1.165, 1.54) is 27.8 Å². The quantitative estimate of drug-likeness (QED) is 0.683. The fraction of sp³-hybridized carbons (Fsp3) is 0.200. The minimum atomic E-state index is 1.13. The minimum Gasteiger partial charge on any atom is -0.0614 e. The molecule has 16 heavy (non-hydrogen) atoms. The Bertz CT molecular complexity index is 527. The van der Waals surface area contributed by atoms with Crippen LogP contribution >= 0.6 is 15.9 Å². The molecule has 0 N–H and O–H groups in total. The summed E-state index contributed by atoms with van der Waals surface area (Å²) >= 11 is 3.54. The predicted octanol–water partition coefficient (Wildman–Crippen LogP) is 5.04. The van der Waals surface area contributed by atoms with E-state index in [-0.39, 0.29) is 0 Å². The third-order valence-corrected chi connectivity index (χ3v) is 3.59. The van der Waals surface area contributed by atoms with Crippen molar-refractivity contribution in [2.24, 2.45) is 0 Å². The van der Waals surface area contributed by atoms with E-state index in [1.807, 2.05) is 0 Å². The molecule has 0 bridgehead atoms. The van der Waals surface area contributed by atoms with Crippen molar-refractivity contribution in [3.05, 3.63) is 57.6 Å². The van der Waals surface area contributed by atoms with Crippen LogP contribution in [0.2, 0.25) is 0 Å². The summed E-state index contributed by atoms with van der Waals surface area (Å²) in [6.45, 7) is 6.50. The Morgan fingerprint density at radius 2 is 1.56 bits per heavy atom. The van der Waals surface area contributed by atoms with Crippen LogP contribution in [0.3, 0.4) is 0 Å². The average molecular weight is 275 g/mol. The highest BCUT2D eigenvalue weighted by Crippen LogP contribution is 2.30. The van der Waals surface area contributed by atoms with Crippen molar-refractivity contribution in [2.75, 3.05) is 0 Å². The summed E-state index contributed by atoms with van der Waals surface area (Å²) in [6, 6.07) is 12.9. The van der Waals surface area contributed by atoms with Crippen LogP contribution in [0.1, 0.15) is 16.7 Å². The van der Waals surface area contributed by atoms with E-state index in [4.69, 9.17) is 0 Å². The summed E-state index contributed by atoms with van der Waals surface area (Å²) in [5.41, 5.74) is 6.67. The molecule has 0 fully saturated rings. The van der Waals surface area contributed by atoms with Gasteiger partial charge in [0.15, 0.2) is 0 Å². The van der Waals surface area contributed by atoms with Gasteiger partial charge in [0.25, 0.3) is 0 Å². The van der Waals surface area contributed by atoms with Crippen LogP contribution in [0.4, 0.5) is 0 Å². The van der Waals surface area contributed by atoms with E-state index in [2.05, 4.69) is 73.1 Å². The van der Waals surface area contributed by atoms with Crippen LogP contribution in [0.15, 0.2) is 40.9 Å². The summed E-state index contributed by atoms with van der Waals surface area (Å²) in [6.07, 6.45) is 0. The van der Waals surface area contributed by atoms with Crippen molar-refractivity contribution in [2.45, 2.75) is 20.8 Å². The maximum absolute atomic E-state index is 3.54. The van der Waals surface area contributed by atoms with Crippen LogP contribution in [-0.2, 0) is 0 Å². The second kappa shape index (κ2) is 4.42. The van der Waals surface area contributed by atoms with Gasteiger partial charge in [-0.2, -0.15) is 0 Å². The molecule has 0 saturated carbocycles. The van der Waals surface area contributed by atoms with Gasteiger partial charge in [-0.05, 0) is 60.7 Å². The minimum absolute atomic E-state index is 1.13.